The van der Waals surface area contributed by atoms with Gasteiger partial charge in [0.1, 0.15) is 0 Å². The van der Waals surface area contributed by atoms with Crippen molar-refractivity contribution in [1.29, 1.82) is 0 Å². The first-order valence-corrected chi connectivity index (χ1v) is 5.19. The number of primary amides is 1. The molecule has 4 nitrogen and oxygen atoms in total. The monoisotopic (exact) mass is 220 g/mol. The van der Waals surface area contributed by atoms with Crippen molar-refractivity contribution >= 4 is 11.8 Å². The molecule has 16 heavy (non-hydrogen) atoms. The number of benzene rings is 1. The first kappa shape index (κ1) is 12.2. The number of carbonyl (C=O) groups excluding carboxylic acids is 2. The third-order valence-electron chi connectivity index (χ3n) is 2.26. The first-order valence-electron chi connectivity index (χ1n) is 5.19. The molecular formula is C12H16N2O2. The van der Waals surface area contributed by atoms with Crippen molar-refractivity contribution in [2.75, 3.05) is 0 Å². The second-order valence-corrected chi connectivity index (χ2v) is 3.77. The van der Waals surface area contributed by atoms with Crippen molar-refractivity contribution in [3.8, 4) is 0 Å². The SMILES string of the molecule is CC(CC(N)=O)C(=O)NCc1ccccc1. The number of hydrogen-bond acceptors (Lipinski definition) is 2. The van der Waals surface area contributed by atoms with Gasteiger partial charge in [0, 0.05) is 18.9 Å². The van der Waals surface area contributed by atoms with E-state index in [4.69, 9.17) is 5.73 Å². The van der Waals surface area contributed by atoms with Gasteiger partial charge in [-0.2, -0.15) is 0 Å². The standard InChI is InChI=1S/C12H16N2O2/c1-9(7-11(13)15)12(16)14-8-10-5-3-2-4-6-10/h2-6,9H,7-8H2,1H3,(H2,13,15)(H,14,16). The molecule has 0 aliphatic heterocycles. The van der Waals surface area contributed by atoms with Gasteiger partial charge in [-0.05, 0) is 5.56 Å². The van der Waals surface area contributed by atoms with Crippen LogP contribution in [0.4, 0.5) is 0 Å². The van der Waals surface area contributed by atoms with Gasteiger partial charge in [0.15, 0.2) is 0 Å². The Labute approximate surface area is 94.8 Å². The van der Waals surface area contributed by atoms with Crippen LogP contribution < -0.4 is 11.1 Å². The Kier molecular flexibility index (Phi) is 4.51. The number of amides is 2. The minimum absolute atomic E-state index is 0.0840. The molecule has 86 valence electrons. The van der Waals surface area contributed by atoms with Crippen molar-refractivity contribution in [2.24, 2.45) is 11.7 Å². The van der Waals surface area contributed by atoms with E-state index in [-0.39, 0.29) is 18.2 Å². The molecule has 0 saturated carbocycles. The summed E-state index contributed by atoms with van der Waals surface area (Å²) in [5.41, 5.74) is 6.05. The Balaban J connectivity index is 2.38. The molecule has 0 aromatic heterocycles. The smallest absolute Gasteiger partial charge is 0.223 e. The Morgan fingerprint density at radius 1 is 1.31 bits per heavy atom. The minimum atomic E-state index is -0.456. The molecule has 0 aliphatic rings. The number of rotatable bonds is 5. The summed E-state index contributed by atoms with van der Waals surface area (Å²) in [7, 11) is 0. The molecule has 0 fully saturated rings. The quantitative estimate of drug-likeness (QED) is 0.771. The van der Waals surface area contributed by atoms with Gasteiger partial charge >= 0.3 is 0 Å². The average molecular weight is 220 g/mol. The van der Waals surface area contributed by atoms with Crippen molar-refractivity contribution < 1.29 is 9.59 Å². The Morgan fingerprint density at radius 2 is 1.94 bits per heavy atom. The first-order chi connectivity index (χ1) is 7.59. The molecule has 0 heterocycles. The zero-order valence-electron chi connectivity index (χ0n) is 9.27. The zero-order valence-corrected chi connectivity index (χ0v) is 9.27. The fourth-order valence-corrected chi connectivity index (χ4v) is 1.35. The van der Waals surface area contributed by atoms with E-state index in [1.807, 2.05) is 30.3 Å². The molecule has 0 bridgehead atoms. The van der Waals surface area contributed by atoms with Gasteiger partial charge in [0.25, 0.3) is 0 Å². The van der Waals surface area contributed by atoms with E-state index in [0.717, 1.165) is 5.56 Å². The lowest BCUT2D eigenvalue weighted by Crippen LogP contribution is -2.31. The lowest BCUT2D eigenvalue weighted by molar-refractivity contribution is -0.128. The summed E-state index contributed by atoms with van der Waals surface area (Å²) in [6, 6.07) is 9.60. The van der Waals surface area contributed by atoms with Crippen molar-refractivity contribution in [2.45, 2.75) is 19.9 Å². The topological polar surface area (TPSA) is 72.2 Å². The summed E-state index contributed by atoms with van der Waals surface area (Å²) in [6.45, 7) is 2.16. The summed E-state index contributed by atoms with van der Waals surface area (Å²) < 4.78 is 0. The molecule has 0 saturated heterocycles. The van der Waals surface area contributed by atoms with E-state index in [0.29, 0.717) is 6.54 Å². The molecule has 1 atom stereocenters. The Bertz CT molecular complexity index is 363. The minimum Gasteiger partial charge on any atom is -0.370 e. The van der Waals surface area contributed by atoms with E-state index in [2.05, 4.69) is 5.32 Å². The molecule has 0 radical (unpaired) electrons. The van der Waals surface area contributed by atoms with Crippen LogP contribution in [-0.2, 0) is 16.1 Å². The highest BCUT2D eigenvalue weighted by molar-refractivity contribution is 5.84. The van der Waals surface area contributed by atoms with Crippen LogP contribution in [0, 0.1) is 5.92 Å². The van der Waals surface area contributed by atoms with Crippen LogP contribution in [0.5, 0.6) is 0 Å². The number of nitrogens with two attached hydrogens (primary N) is 1. The molecule has 1 rings (SSSR count). The summed E-state index contributed by atoms with van der Waals surface area (Å²) in [4.78, 5) is 22.2. The predicted molar refractivity (Wildman–Crippen MR) is 61.3 cm³/mol. The van der Waals surface area contributed by atoms with Gasteiger partial charge in [0.2, 0.25) is 11.8 Å². The van der Waals surface area contributed by atoms with Crippen LogP contribution in [0.1, 0.15) is 18.9 Å². The van der Waals surface area contributed by atoms with Gasteiger partial charge in [0.05, 0.1) is 0 Å². The lowest BCUT2D eigenvalue weighted by Gasteiger charge is -2.10. The van der Waals surface area contributed by atoms with Gasteiger partial charge in [-0.1, -0.05) is 37.3 Å². The Morgan fingerprint density at radius 3 is 2.50 bits per heavy atom. The highest BCUT2D eigenvalue weighted by Gasteiger charge is 2.14. The maximum atomic E-state index is 11.5. The van der Waals surface area contributed by atoms with E-state index in [1.165, 1.54) is 0 Å². The van der Waals surface area contributed by atoms with Crippen molar-refractivity contribution in [3.05, 3.63) is 35.9 Å². The molecular weight excluding hydrogens is 204 g/mol. The van der Waals surface area contributed by atoms with Gasteiger partial charge in [-0.15, -0.1) is 0 Å². The van der Waals surface area contributed by atoms with Crippen LogP contribution in [-0.4, -0.2) is 11.8 Å². The number of hydrogen-bond donors (Lipinski definition) is 2. The molecule has 1 aromatic carbocycles. The van der Waals surface area contributed by atoms with E-state index < -0.39 is 5.91 Å². The van der Waals surface area contributed by atoms with Crippen LogP contribution in [0.25, 0.3) is 0 Å². The summed E-state index contributed by atoms with van der Waals surface area (Å²) in [5, 5.41) is 2.76. The van der Waals surface area contributed by atoms with Gasteiger partial charge in [-0.25, -0.2) is 0 Å². The molecule has 1 aromatic rings. The molecule has 0 spiro atoms. The lowest BCUT2D eigenvalue weighted by atomic mass is 10.1. The third-order valence-corrected chi connectivity index (χ3v) is 2.26. The van der Waals surface area contributed by atoms with Crippen LogP contribution >= 0.6 is 0 Å². The normalized spacial score (nSPS) is 11.8. The highest BCUT2D eigenvalue weighted by Crippen LogP contribution is 2.02. The van der Waals surface area contributed by atoms with Crippen molar-refractivity contribution in [1.82, 2.24) is 5.32 Å². The van der Waals surface area contributed by atoms with Gasteiger partial charge < -0.3 is 11.1 Å². The predicted octanol–water partition coefficient (Wildman–Crippen LogP) is 0.814. The molecule has 0 aliphatic carbocycles. The molecule has 3 N–H and O–H groups in total. The van der Waals surface area contributed by atoms with E-state index in [9.17, 15) is 9.59 Å². The van der Waals surface area contributed by atoms with Crippen molar-refractivity contribution in [3.63, 3.8) is 0 Å². The third kappa shape index (κ3) is 4.13. The van der Waals surface area contributed by atoms with Gasteiger partial charge in [-0.3, -0.25) is 9.59 Å². The van der Waals surface area contributed by atoms with Crippen LogP contribution in [0.15, 0.2) is 30.3 Å². The summed E-state index contributed by atoms with van der Waals surface area (Å²) in [6.07, 6.45) is 0.0840. The molecule has 4 heteroatoms. The largest absolute Gasteiger partial charge is 0.370 e. The Hall–Kier alpha value is -1.84. The second-order valence-electron chi connectivity index (χ2n) is 3.77. The molecule has 2 amide bonds. The zero-order chi connectivity index (χ0) is 12.0. The molecule has 1 unspecified atom stereocenters. The van der Waals surface area contributed by atoms with Crippen LogP contribution in [0.2, 0.25) is 0 Å². The second kappa shape index (κ2) is 5.90. The average Bonchev–Trinajstić information content (AvgIpc) is 2.26. The number of carbonyl (C=O) groups is 2. The maximum Gasteiger partial charge on any atom is 0.223 e. The maximum absolute atomic E-state index is 11.5. The highest BCUT2D eigenvalue weighted by atomic mass is 16.2. The summed E-state index contributed by atoms with van der Waals surface area (Å²) >= 11 is 0. The van der Waals surface area contributed by atoms with Crippen LogP contribution in [0.3, 0.4) is 0 Å². The number of nitrogens with one attached hydrogen (secondary N) is 1. The fourth-order valence-electron chi connectivity index (χ4n) is 1.35. The fraction of sp³-hybridized carbons (Fsp3) is 0.333. The van der Waals surface area contributed by atoms with E-state index >= 15 is 0 Å². The summed E-state index contributed by atoms with van der Waals surface area (Å²) in [5.74, 6) is -0.980. The van der Waals surface area contributed by atoms with E-state index in [1.54, 1.807) is 6.92 Å².